The van der Waals surface area contributed by atoms with E-state index in [1.807, 2.05) is 0 Å². The van der Waals surface area contributed by atoms with Gasteiger partial charge in [-0.2, -0.15) is 0 Å². The van der Waals surface area contributed by atoms with E-state index < -0.39 is 0 Å². The van der Waals surface area contributed by atoms with Gasteiger partial charge in [-0.1, -0.05) is 11.6 Å². The summed E-state index contributed by atoms with van der Waals surface area (Å²) in [5, 5.41) is 9.26. The number of hydrogen-bond acceptors (Lipinski definition) is 4. The van der Waals surface area contributed by atoms with E-state index in [0.29, 0.717) is 13.0 Å². The van der Waals surface area contributed by atoms with Gasteiger partial charge < -0.3 is 10.0 Å². The van der Waals surface area contributed by atoms with Gasteiger partial charge in [0, 0.05) is 19.2 Å². The Hall–Kier alpha value is -1.20. The van der Waals surface area contributed by atoms with Crippen molar-refractivity contribution in [1.82, 2.24) is 14.9 Å². The Labute approximate surface area is 111 Å². The van der Waals surface area contributed by atoms with Gasteiger partial charge in [0.15, 0.2) is 0 Å². The Morgan fingerprint density at radius 3 is 3.06 bits per heavy atom. The number of carbonyl (C=O) groups excluding carboxylic acids is 1. The number of likely N-dealkylation sites (tertiary alicyclic amines) is 1. The minimum atomic E-state index is -0.150. The van der Waals surface area contributed by atoms with Crippen LogP contribution in [0.3, 0.4) is 0 Å². The quantitative estimate of drug-likeness (QED) is 0.903. The van der Waals surface area contributed by atoms with Gasteiger partial charge in [-0.25, -0.2) is 4.98 Å². The molecule has 6 heteroatoms. The lowest BCUT2D eigenvalue weighted by molar-refractivity contribution is 0.0568. The minimum absolute atomic E-state index is 0.0929. The molecule has 0 bridgehead atoms. The van der Waals surface area contributed by atoms with E-state index in [1.54, 1.807) is 4.90 Å². The summed E-state index contributed by atoms with van der Waals surface area (Å²) in [5.74, 6) is -0.150. The topological polar surface area (TPSA) is 66.3 Å². The van der Waals surface area contributed by atoms with E-state index in [0.717, 1.165) is 19.3 Å². The highest BCUT2D eigenvalue weighted by Gasteiger charge is 2.27. The predicted molar refractivity (Wildman–Crippen MR) is 67.4 cm³/mol. The van der Waals surface area contributed by atoms with Crippen molar-refractivity contribution in [3.63, 3.8) is 0 Å². The average Bonchev–Trinajstić information content (AvgIpc) is 2.39. The summed E-state index contributed by atoms with van der Waals surface area (Å²) in [6.45, 7) is 0.799. The average molecular weight is 270 g/mol. The summed E-state index contributed by atoms with van der Waals surface area (Å²) in [6, 6.07) is 0.0945. The lowest BCUT2D eigenvalue weighted by Crippen LogP contribution is -2.44. The van der Waals surface area contributed by atoms with Crippen LogP contribution in [-0.2, 0) is 0 Å². The van der Waals surface area contributed by atoms with Crippen molar-refractivity contribution in [3.05, 3.63) is 23.2 Å². The fourth-order valence-corrected chi connectivity index (χ4v) is 2.46. The third-order valence-corrected chi connectivity index (χ3v) is 3.36. The Kier molecular flexibility index (Phi) is 4.49. The number of halogens is 1. The number of aliphatic hydroxyl groups excluding tert-OH is 1. The third-order valence-electron chi connectivity index (χ3n) is 3.17. The van der Waals surface area contributed by atoms with E-state index in [9.17, 15) is 4.79 Å². The van der Waals surface area contributed by atoms with Crippen LogP contribution in [0.1, 0.15) is 36.2 Å². The molecule has 0 aromatic carbocycles. The molecule has 0 spiro atoms. The molecular formula is C12H16ClN3O2. The second-order valence-electron chi connectivity index (χ2n) is 4.39. The lowest BCUT2D eigenvalue weighted by atomic mass is 9.99. The number of rotatable bonds is 3. The molecule has 18 heavy (non-hydrogen) atoms. The monoisotopic (exact) mass is 269 g/mol. The van der Waals surface area contributed by atoms with Gasteiger partial charge >= 0.3 is 0 Å². The molecule has 1 aromatic heterocycles. The van der Waals surface area contributed by atoms with Crippen LogP contribution in [-0.4, -0.2) is 45.1 Å². The highest BCUT2D eigenvalue weighted by molar-refractivity contribution is 6.29. The highest BCUT2D eigenvalue weighted by Crippen LogP contribution is 2.21. The molecule has 0 saturated carbocycles. The van der Waals surface area contributed by atoms with E-state index in [-0.39, 0.29) is 29.4 Å². The molecule has 1 N–H and O–H groups in total. The zero-order valence-corrected chi connectivity index (χ0v) is 10.8. The smallest absolute Gasteiger partial charge is 0.274 e. The SMILES string of the molecule is O=C(c1cncc(Cl)n1)N1CCCCC1CCO. The van der Waals surface area contributed by atoms with E-state index in [2.05, 4.69) is 9.97 Å². The fraction of sp³-hybridized carbons (Fsp3) is 0.583. The molecule has 1 atom stereocenters. The largest absolute Gasteiger partial charge is 0.396 e. The first-order chi connectivity index (χ1) is 8.72. The van der Waals surface area contributed by atoms with Gasteiger partial charge in [-0.3, -0.25) is 9.78 Å². The summed E-state index contributed by atoms with van der Waals surface area (Å²) < 4.78 is 0. The van der Waals surface area contributed by atoms with E-state index in [1.165, 1.54) is 12.4 Å². The Bertz CT molecular complexity index is 426. The van der Waals surface area contributed by atoms with Crippen molar-refractivity contribution in [3.8, 4) is 0 Å². The Morgan fingerprint density at radius 1 is 1.50 bits per heavy atom. The molecule has 1 amide bonds. The van der Waals surface area contributed by atoms with Crippen LogP contribution in [0, 0.1) is 0 Å². The number of amides is 1. The molecule has 98 valence electrons. The lowest BCUT2D eigenvalue weighted by Gasteiger charge is -2.35. The molecule has 1 aliphatic heterocycles. The molecule has 1 unspecified atom stereocenters. The van der Waals surface area contributed by atoms with Crippen molar-refractivity contribution < 1.29 is 9.90 Å². The van der Waals surface area contributed by atoms with Crippen molar-refractivity contribution in [2.24, 2.45) is 0 Å². The minimum Gasteiger partial charge on any atom is -0.396 e. The van der Waals surface area contributed by atoms with Crippen LogP contribution >= 0.6 is 11.6 Å². The van der Waals surface area contributed by atoms with E-state index >= 15 is 0 Å². The van der Waals surface area contributed by atoms with Crippen LogP contribution < -0.4 is 0 Å². The van der Waals surface area contributed by atoms with Gasteiger partial charge in [-0.05, 0) is 25.7 Å². The van der Waals surface area contributed by atoms with Crippen molar-refractivity contribution >= 4 is 17.5 Å². The van der Waals surface area contributed by atoms with Gasteiger partial charge in [0.1, 0.15) is 10.8 Å². The van der Waals surface area contributed by atoms with Gasteiger partial charge in [0.25, 0.3) is 5.91 Å². The maximum Gasteiger partial charge on any atom is 0.274 e. The Balaban J connectivity index is 2.15. The third kappa shape index (κ3) is 2.97. The molecule has 2 rings (SSSR count). The fourth-order valence-electron chi connectivity index (χ4n) is 2.31. The van der Waals surface area contributed by atoms with Crippen molar-refractivity contribution in [2.45, 2.75) is 31.7 Å². The number of nitrogens with zero attached hydrogens (tertiary/aromatic N) is 3. The van der Waals surface area contributed by atoms with Crippen LogP contribution in [0.4, 0.5) is 0 Å². The zero-order chi connectivity index (χ0) is 13.0. The molecule has 1 aromatic rings. The number of carbonyl (C=O) groups is 1. The van der Waals surface area contributed by atoms with Crippen molar-refractivity contribution in [1.29, 1.82) is 0 Å². The molecular weight excluding hydrogens is 254 g/mol. The maximum absolute atomic E-state index is 12.3. The van der Waals surface area contributed by atoms with Crippen LogP contribution in [0.25, 0.3) is 0 Å². The molecule has 1 aliphatic rings. The van der Waals surface area contributed by atoms with Crippen LogP contribution in [0.2, 0.25) is 5.15 Å². The molecule has 0 radical (unpaired) electrons. The molecule has 1 fully saturated rings. The second-order valence-corrected chi connectivity index (χ2v) is 4.77. The van der Waals surface area contributed by atoms with E-state index in [4.69, 9.17) is 16.7 Å². The molecule has 1 saturated heterocycles. The zero-order valence-electron chi connectivity index (χ0n) is 10.0. The van der Waals surface area contributed by atoms with Crippen LogP contribution in [0.5, 0.6) is 0 Å². The number of aromatic nitrogens is 2. The van der Waals surface area contributed by atoms with Crippen LogP contribution in [0.15, 0.2) is 12.4 Å². The summed E-state index contributed by atoms with van der Waals surface area (Å²) >= 11 is 5.74. The summed E-state index contributed by atoms with van der Waals surface area (Å²) in [7, 11) is 0. The predicted octanol–water partition coefficient (Wildman–Crippen LogP) is 1.51. The first-order valence-corrected chi connectivity index (χ1v) is 6.49. The van der Waals surface area contributed by atoms with Gasteiger partial charge in [0.05, 0.1) is 12.4 Å². The Morgan fingerprint density at radius 2 is 2.33 bits per heavy atom. The number of piperidine rings is 1. The molecule has 2 heterocycles. The molecule has 0 aliphatic carbocycles. The summed E-state index contributed by atoms with van der Waals surface area (Å²) in [5.41, 5.74) is 0.271. The van der Waals surface area contributed by atoms with Gasteiger partial charge in [-0.15, -0.1) is 0 Å². The second kappa shape index (κ2) is 6.11. The molecule has 5 nitrogen and oxygen atoms in total. The van der Waals surface area contributed by atoms with Crippen molar-refractivity contribution in [2.75, 3.05) is 13.2 Å². The normalized spacial score (nSPS) is 19.9. The first-order valence-electron chi connectivity index (χ1n) is 6.11. The number of hydrogen-bond donors (Lipinski definition) is 1. The van der Waals surface area contributed by atoms with Gasteiger partial charge in [0.2, 0.25) is 0 Å². The summed E-state index contributed by atoms with van der Waals surface area (Å²) in [4.78, 5) is 22.0. The highest BCUT2D eigenvalue weighted by atomic mass is 35.5. The summed E-state index contributed by atoms with van der Waals surface area (Å²) in [6.07, 6.45) is 6.45. The standard InChI is InChI=1S/C12H16ClN3O2/c13-11-8-14-7-10(15-11)12(18)16-5-2-1-3-9(16)4-6-17/h7-9,17H,1-6H2. The first kappa shape index (κ1) is 13.2. The maximum atomic E-state index is 12.3. The number of aliphatic hydroxyl groups is 1.